The monoisotopic (exact) mass is 276 g/mol. The number of ether oxygens (including phenoxy) is 1. The Balaban J connectivity index is 2.27. The van der Waals surface area contributed by atoms with Crippen LogP contribution in [0.5, 0.6) is 0 Å². The summed E-state index contributed by atoms with van der Waals surface area (Å²) in [7, 11) is 0. The topological polar surface area (TPSA) is 76.7 Å². The van der Waals surface area contributed by atoms with E-state index in [1.165, 1.54) is 0 Å². The van der Waals surface area contributed by atoms with Crippen LogP contribution in [0.25, 0.3) is 0 Å². The molecule has 0 aliphatic carbocycles. The van der Waals surface area contributed by atoms with Crippen LogP contribution in [0.1, 0.15) is 0 Å². The minimum Gasteiger partial charge on any atom is -0.445 e. The van der Waals surface area contributed by atoms with Crippen molar-refractivity contribution in [3.05, 3.63) is 0 Å². The third kappa shape index (κ3) is 4.74. The Morgan fingerprint density at radius 1 is 1.67 bits per heavy atom. The molecule has 15 heavy (non-hydrogen) atoms. The average molecular weight is 277 g/mol. The molecule has 1 heterocycles. The van der Waals surface area contributed by atoms with E-state index >= 15 is 0 Å². The summed E-state index contributed by atoms with van der Waals surface area (Å²) in [6.45, 7) is -0.375. The zero-order chi connectivity index (χ0) is 11.5. The van der Waals surface area contributed by atoms with Gasteiger partial charge in [0.25, 0.3) is 5.91 Å². The molecule has 1 fully saturated rings. The van der Waals surface area contributed by atoms with Crippen molar-refractivity contribution in [3.63, 3.8) is 0 Å². The van der Waals surface area contributed by atoms with Crippen molar-refractivity contribution >= 4 is 46.8 Å². The van der Waals surface area contributed by atoms with Crippen molar-refractivity contribution in [2.45, 2.75) is 9.83 Å². The molecule has 1 saturated heterocycles. The van der Waals surface area contributed by atoms with Gasteiger partial charge in [-0.15, -0.1) is 0 Å². The van der Waals surface area contributed by atoms with E-state index in [4.69, 9.17) is 34.8 Å². The number of halogens is 3. The first-order chi connectivity index (χ1) is 6.88. The molecule has 6 nitrogen and oxygen atoms in total. The average Bonchev–Trinajstić information content (AvgIpc) is 2.47. The van der Waals surface area contributed by atoms with Crippen LogP contribution in [0.3, 0.4) is 0 Å². The van der Waals surface area contributed by atoms with Gasteiger partial charge in [-0.3, -0.25) is 9.63 Å². The first kappa shape index (κ1) is 12.6. The third-order valence-electron chi connectivity index (χ3n) is 1.40. The molecule has 0 aromatic rings. The lowest BCUT2D eigenvalue weighted by Gasteiger charge is -2.13. The Kier molecular flexibility index (Phi) is 4.27. The van der Waals surface area contributed by atoms with Gasteiger partial charge in [-0.05, 0) is 0 Å². The van der Waals surface area contributed by atoms with Crippen molar-refractivity contribution in [1.82, 2.24) is 10.8 Å². The standard InChI is InChI=1S/C6H7Cl3N2O4/c7-6(8,9)2-14-5(13)10-3-1-15-11-4(3)12/h3H,1-2H2,(H,10,13)(H,11,12)/t3-/m1/s1. The highest BCUT2D eigenvalue weighted by molar-refractivity contribution is 6.67. The molecule has 0 aromatic heterocycles. The number of rotatable bonds is 2. The first-order valence-corrected chi connectivity index (χ1v) is 4.93. The molecule has 1 aliphatic heterocycles. The quantitative estimate of drug-likeness (QED) is 0.721. The number of hydroxylamine groups is 1. The summed E-state index contributed by atoms with van der Waals surface area (Å²) in [5.74, 6) is -0.458. The number of carbonyl (C=O) groups is 2. The predicted molar refractivity (Wildman–Crippen MR) is 52.7 cm³/mol. The molecule has 2 N–H and O–H groups in total. The highest BCUT2D eigenvalue weighted by atomic mass is 35.6. The second-order valence-corrected chi connectivity index (χ2v) is 5.18. The van der Waals surface area contributed by atoms with Crippen LogP contribution in [-0.2, 0) is 14.4 Å². The molecule has 9 heteroatoms. The van der Waals surface area contributed by atoms with E-state index in [-0.39, 0.29) is 6.61 Å². The third-order valence-corrected chi connectivity index (χ3v) is 1.73. The second kappa shape index (κ2) is 5.07. The molecule has 1 rings (SSSR count). The maximum absolute atomic E-state index is 11.0. The fourth-order valence-corrected chi connectivity index (χ4v) is 0.945. The fourth-order valence-electron chi connectivity index (χ4n) is 0.781. The summed E-state index contributed by atoms with van der Waals surface area (Å²) in [4.78, 5) is 26.5. The molecule has 1 aliphatic rings. The highest BCUT2D eigenvalue weighted by Crippen LogP contribution is 2.25. The number of carbonyl (C=O) groups excluding carboxylic acids is 2. The van der Waals surface area contributed by atoms with Crippen LogP contribution in [0.15, 0.2) is 0 Å². The van der Waals surface area contributed by atoms with Gasteiger partial charge in [0.15, 0.2) is 0 Å². The molecule has 1 atom stereocenters. The van der Waals surface area contributed by atoms with Gasteiger partial charge in [0.05, 0.1) is 0 Å². The fraction of sp³-hybridized carbons (Fsp3) is 0.667. The number of amides is 2. The van der Waals surface area contributed by atoms with E-state index in [2.05, 4.69) is 20.4 Å². The van der Waals surface area contributed by atoms with Gasteiger partial charge < -0.3 is 10.1 Å². The normalized spacial score (nSPS) is 21.0. The van der Waals surface area contributed by atoms with Crippen LogP contribution in [-0.4, -0.2) is 35.0 Å². The van der Waals surface area contributed by atoms with Gasteiger partial charge in [0.1, 0.15) is 19.3 Å². The van der Waals surface area contributed by atoms with Gasteiger partial charge in [0, 0.05) is 0 Å². The maximum Gasteiger partial charge on any atom is 0.408 e. The zero-order valence-corrected chi connectivity index (χ0v) is 9.53. The SMILES string of the molecule is O=C(N[C@@H]1CONC1=O)OCC(Cl)(Cl)Cl. The lowest BCUT2D eigenvalue weighted by Crippen LogP contribution is -2.42. The molecule has 0 bridgehead atoms. The van der Waals surface area contributed by atoms with E-state index in [1.54, 1.807) is 0 Å². The lowest BCUT2D eigenvalue weighted by atomic mass is 10.3. The molecular formula is C6H7Cl3N2O4. The smallest absolute Gasteiger partial charge is 0.408 e. The van der Waals surface area contributed by atoms with Crippen LogP contribution in [0, 0.1) is 0 Å². The number of alkyl carbamates (subject to hydrolysis) is 1. The van der Waals surface area contributed by atoms with Crippen LogP contribution in [0.4, 0.5) is 4.79 Å². The van der Waals surface area contributed by atoms with E-state index < -0.39 is 28.4 Å². The Bertz CT molecular complexity index is 268. The van der Waals surface area contributed by atoms with Gasteiger partial charge in [-0.25, -0.2) is 10.3 Å². The summed E-state index contributed by atoms with van der Waals surface area (Å²) < 4.78 is 2.86. The molecule has 0 aromatic carbocycles. The molecular weight excluding hydrogens is 270 g/mol. The van der Waals surface area contributed by atoms with Gasteiger partial charge >= 0.3 is 6.09 Å². The van der Waals surface area contributed by atoms with Gasteiger partial charge in [-0.1, -0.05) is 34.8 Å². The van der Waals surface area contributed by atoms with E-state index in [0.717, 1.165) is 0 Å². The number of nitrogens with one attached hydrogen (secondary N) is 2. The largest absolute Gasteiger partial charge is 0.445 e. The Morgan fingerprint density at radius 2 is 2.33 bits per heavy atom. The summed E-state index contributed by atoms with van der Waals surface area (Å²) in [5.41, 5.74) is 2.06. The van der Waals surface area contributed by atoms with Crippen molar-refractivity contribution in [1.29, 1.82) is 0 Å². The van der Waals surface area contributed by atoms with Crippen molar-refractivity contribution in [2.24, 2.45) is 0 Å². The van der Waals surface area contributed by atoms with Crippen molar-refractivity contribution in [3.8, 4) is 0 Å². The number of alkyl halides is 3. The molecule has 0 radical (unpaired) electrons. The Labute approximate surface area is 100 Å². The van der Waals surface area contributed by atoms with Crippen LogP contribution in [0.2, 0.25) is 0 Å². The summed E-state index contributed by atoms with van der Waals surface area (Å²) in [6, 6.07) is -0.784. The lowest BCUT2D eigenvalue weighted by molar-refractivity contribution is -0.125. The van der Waals surface area contributed by atoms with Gasteiger partial charge in [-0.2, -0.15) is 0 Å². The van der Waals surface area contributed by atoms with E-state index in [0.29, 0.717) is 0 Å². The molecule has 0 saturated carbocycles. The number of hydrogen-bond donors (Lipinski definition) is 2. The summed E-state index contributed by atoms with van der Waals surface area (Å²) in [6.07, 6.45) is -0.855. The Morgan fingerprint density at radius 3 is 2.80 bits per heavy atom. The Hall–Kier alpha value is -0.430. The molecule has 0 spiro atoms. The molecule has 2 amide bonds. The van der Waals surface area contributed by atoms with Gasteiger partial charge in [0.2, 0.25) is 3.79 Å². The minimum absolute atomic E-state index is 0.0295. The minimum atomic E-state index is -1.67. The second-order valence-electron chi connectivity index (χ2n) is 2.67. The summed E-state index contributed by atoms with van der Waals surface area (Å²) in [5, 5.41) is 2.23. The number of hydrogen-bond acceptors (Lipinski definition) is 4. The van der Waals surface area contributed by atoms with Crippen molar-refractivity contribution in [2.75, 3.05) is 13.2 Å². The van der Waals surface area contributed by atoms with Crippen LogP contribution < -0.4 is 10.8 Å². The molecule has 86 valence electrons. The predicted octanol–water partition coefficient (Wildman–Crippen LogP) is 0.513. The van der Waals surface area contributed by atoms with E-state index in [1.807, 2.05) is 0 Å². The maximum atomic E-state index is 11.0. The van der Waals surface area contributed by atoms with Crippen LogP contribution >= 0.6 is 34.8 Å². The van der Waals surface area contributed by atoms with Crippen molar-refractivity contribution < 1.29 is 19.2 Å². The summed E-state index contributed by atoms with van der Waals surface area (Å²) >= 11 is 16.0. The molecule has 0 unspecified atom stereocenters. The first-order valence-electron chi connectivity index (χ1n) is 3.80. The highest BCUT2D eigenvalue weighted by Gasteiger charge is 2.29. The van der Waals surface area contributed by atoms with E-state index in [9.17, 15) is 9.59 Å². The zero-order valence-electron chi connectivity index (χ0n) is 7.26.